The van der Waals surface area contributed by atoms with Crippen LogP contribution < -0.4 is 20.3 Å². The molecule has 0 radical (unpaired) electrons. The van der Waals surface area contributed by atoms with Gasteiger partial charge in [-0.1, -0.05) is 43.6 Å². The number of ether oxygens (including phenoxy) is 1. The Morgan fingerprint density at radius 3 is 2.37 bits per heavy atom. The number of aromatic nitrogens is 3. The third kappa shape index (κ3) is 9.70. The van der Waals surface area contributed by atoms with Crippen LogP contribution in [0.15, 0.2) is 52.0 Å². The number of hydrogen-bond acceptors (Lipinski definition) is 11. The van der Waals surface area contributed by atoms with Gasteiger partial charge in [-0.15, -0.1) is 0 Å². The first-order valence-electron chi connectivity index (χ1n) is 17.4. The highest BCUT2D eigenvalue weighted by Gasteiger charge is 2.38. The Balaban J connectivity index is 0.000000363. The summed E-state index contributed by atoms with van der Waals surface area (Å²) in [7, 11) is -4.02. The van der Waals surface area contributed by atoms with Gasteiger partial charge in [-0.3, -0.25) is 9.35 Å². The molecule has 0 aliphatic carbocycles. The number of nitrogens with two attached hydrogens (primary N) is 1. The van der Waals surface area contributed by atoms with Crippen molar-refractivity contribution >= 4 is 27.9 Å². The molecule has 14 heteroatoms. The Bertz CT molecular complexity index is 1610. The van der Waals surface area contributed by atoms with E-state index >= 15 is 0 Å². The highest BCUT2D eigenvalue weighted by molar-refractivity contribution is 7.85. The van der Waals surface area contributed by atoms with Crippen LogP contribution in [-0.4, -0.2) is 90.3 Å². The lowest BCUT2D eigenvalue weighted by molar-refractivity contribution is -0.135. The minimum atomic E-state index is -4.02. The summed E-state index contributed by atoms with van der Waals surface area (Å²) in [6, 6.07) is 10.7. The molecule has 6 rings (SSSR count). The van der Waals surface area contributed by atoms with Crippen LogP contribution in [0, 0.1) is 18.8 Å². The second-order valence-corrected chi connectivity index (χ2v) is 15.3. The number of aryl methyl sites for hydroxylation is 1. The van der Waals surface area contributed by atoms with Crippen molar-refractivity contribution in [1.82, 2.24) is 20.0 Å². The van der Waals surface area contributed by atoms with Crippen molar-refractivity contribution in [2.45, 2.75) is 89.1 Å². The van der Waals surface area contributed by atoms with Gasteiger partial charge in [0.05, 0.1) is 23.7 Å². The topological polar surface area (TPSA) is 168 Å². The summed E-state index contributed by atoms with van der Waals surface area (Å²) in [5.41, 5.74) is 7.39. The Labute approximate surface area is 289 Å². The van der Waals surface area contributed by atoms with E-state index in [1.165, 1.54) is 12.1 Å². The largest absolute Gasteiger partial charge is 0.492 e. The molecule has 3 saturated heterocycles. The molecule has 0 unspecified atom stereocenters. The molecule has 3 atom stereocenters. The van der Waals surface area contributed by atoms with Gasteiger partial charge in [-0.05, 0) is 75.1 Å². The zero-order chi connectivity index (χ0) is 35.1. The molecular weight excluding hydrogens is 646 g/mol. The maximum absolute atomic E-state index is 12.4. The van der Waals surface area contributed by atoms with Crippen LogP contribution in [0.1, 0.15) is 76.6 Å². The number of piperidine rings is 2. The predicted octanol–water partition coefficient (Wildman–Crippen LogP) is 4.68. The van der Waals surface area contributed by atoms with E-state index in [2.05, 4.69) is 45.7 Å². The van der Waals surface area contributed by atoms with Crippen LogP contribution in [0.3, 0.4) is 0 Å². The van der Waals surface area contributed by atoms with Crippen molar-refractivity contribution in [3.05, 3.63) is 54.0 Å². The van der Waals surface area contributed by atoms with Gasteiger partial charge in [0, 0.05) is 51.1 Å². The summed E-state index contributed by atoms with van der Waals surface area (Å²) in [5, 5.41) is 4.10. The highest BCUT2D eigenvalue weighted by Crippen LogP contribution is 2.30. The molecule has 0 saturated carbocycles. The number of pyridine rings is 1. The lowest BCUT2D eigenvalue weighted by Crippen LogP contribution is -2.51. The maximum Gasteiger partial charge on any atom is 0.324 e. The van der Waals surface area contributed by atoms with E-state index in [1.807, 2.05) is 24.0 Å². The van der Waals surface area contributed by atoms with Crippen LogP contribution >= 0.6 is 0 Å². The van der Waals surface area contributed by atoms with Gasteiger partial charge >= 0.3 is 6.01 Å². The van der Waals surface area contributed by atoms with Crippen molar-refractivity contribution in [1.29, 1.82) is 0 Å². The monoisotopic (exact) mass is 697 g/mol. The first-order chi connectivity index (χ1) is 23.4. The summed E-state index contributed by atoms with van der Waals surface area (Å²) < 4.78 is 41.1. The van der Waals surface area contributed by atoms with E-state index in [9.17, 15) is 13.2 Å². The van der Waals surface area contributed by atoms with Crippen molar-refractivity contribution in [3.63, 3.8) is 0 Å². The van der Waals surface area contributed by atoms with Crippen LogP contribution in [0.25, 0.3) is 0 Å². The highest BCUT2D eigenvalue weighted by atomic mass is 32.2. The SMILES string of the molecule is CC(C)c1noc(N2CCC([C@H](C)CCOc3ccc(N4C[C@H](N)[C@@H](N5CCCCC5=O)C4)nc3)CC2)n1.Cc1ccc(S(=O)(=O)O)cc1. The van der Waals surface area contributed by atoms with Gasteiger partial charge in [0.25, 0.3) is 10.1 Å². The standard InChI is InChI=1S/C28H43N7O3.C7H8O3S/c1-19(2)27-31-28(38-32-27)33-13-9-21(10-14-33)20(3)11-15-37-22-7-8-25(30-16-22)34-17-23(29)24(18-34)35-12-5-4-6-26(35)36;1-6-2-4-7(5-3-6)11(8,9)10/h7-8,16,19-21,23-24H,4-6,9-15,17-18,29H2,1-3H3;2-5H,1H3,(H,8,9,10)/t20-,23+,24+;/m1./s1. The molecule has 49 heavy (non-hydrogen) atoms. The second kappa shape index (κ2) is 16.3. The van der Waals surface area contributed by atoms with Gasteiger partial charge in [0.1, 0.15) is 11.6 Å². The Morgan fingerprint density at radius 2 is 1.76 bits per heavy atom. The van der Waals surface area contributed by atoms with E-state index in [1.54, 1.807) is 18.3 Å². The number of anilines is 2. The fourth-order valence-electron chi connectivity index (χ4n) is 6.71. The zero-order valence-electron chi connectivity index (χ0n) is 29.1. The average Bonchev–Trinajstić information content (AvgIpc) is 3.73. The van der Waals surface area contributed by atoms with Crippen molar-refractivity contribution < 1.29 is 27.0 Å². The third-order valence-electron chi connectivity index (χ3n) is 9.86. The molecule has 5 heterocycles. The molecule has 3 N–H and O–H groups in total. The van der Waals surface area contributed by atoms with Gasteiger partial charge in [0.15, 0.2) is 5.82 Å². The summed E-state index contributed by atoms with van der Waals surface area (Å²) in [6.45, 7) is 13.2. The minimum absolute atomic E-state index is 0.0485. The lowest BCUT2D eigenvalue weighted by atomic mass is 9.84. The molecule has 1 amide bonds. The molecule has 3 aliphatic rings. The summed E-state index contributed by atoms with van der Waals surface area (Å²) in [5.74, 6) is 4.22. The van der Waals surface area contributed by atoms with Gasteiger partial charge in [-0.2, -0.15) is 13.4 Å². The molecule has 13 nitrogen and oxygen atoms in total. The smallest absolute Gasteiger partial charge is 0.324 e. The van der Waals surface area contributed by atoms with E-state index in [0.29, 0.717) is 37.4 Å². The molecule has 1 aromatic carbocycles. The van der Waals surface area contributed by atoms with Crippen LogP contribution in [0.5, 0.6) is 5.75 Å². The summed E-state index contributed by atoms with van der Waals surface area (Å²) in [6.07, 6.45) is 7.76. The van der Waals surface area contributed by atoms with Crippen LogP contribution in [0.4, 0.5) is 11.8 Å². The number of nitrogens with zero attached hydrogens (tertiary/aromatic N) is 6. The number of hydrogen-bond donors (Lipinski definition) is 2. The molecule has 0 spiro atoms. The van der Waals surface area contributed by atoms with Crippen LogP contribution in [0.2, 0.25) is 0 Å². The molecule has 0 bridgehead atoms. The second-order valence-electron chi connectivity index (χ2n) is 13.8. The number of carbonyl (C=O) groups is 1. The Kier molecular flexibility index (Phi) is 12.2. The van der Waals surface area contributed by atoms with E-state index < -0.39 is 10.1 Å². The van der Waals surface area contributed by atoms with Gasteiger partial charge in [0.2, 0.25) is 5.91 Å². The number of carbonyl (C=O) groups excluding carboxylic acids is 1. The van der Waals surface area contributed by atoms with Crippen molar-refractivity contribution in [2.75, 3.05) is 49.1 Å². The summed E-state index contributed by atoms with van der Waals surface area (Å²) >= 11 is 0. The Morgan fingerprint density at radius 1 is 1.02 bits per heavy atom. The van der Waals surface area contributed by atoms with Gasteiger partial charge in [-0.25, -0.2) is 4.98 Å². The predicted molar refractivity (Wildman–Crippen MR) is 187 cm³/mol. The van der Waals surface area contributed by atoms with E-state index in [4.69, 9.17) is 19.5 Å². The maximum atomic E-state index is 12.4. The van der Waals surface area contributed by atoms with Gasteiger partial charge < -0.3 is 29.7 Å². The normalized spacial score (nSPS) is 21.1. The first-order valence-corrected chi connectivity index (χ1v) is 18.8. The lowest BCUT2D eigenvalue weighted by Gasteiger charge is -2.34. The fourth-order valence-corrected chi connectivity index (χ4v) is 7.19. The van der Waals surface area contributed by atoms with E-state index in [0.717, 1.165) is 81.2 Å². The van der Waals surface area contributed by atoms with Crippen molar-refractivity contribution in [2.24, 2.45) is 17.6 Å². The Hall–Kier alpha value is -3.75. The minimum Gasteiger partial charge on any atom is -0.492 e. The zero-order valence-corrected chi connectivity index (χ0v) is 29.9. The number of likely N-dealkylation sites (tertiary alicyclic amines) is 1. The summed E-state index contributed by atoms with van der Waals surface area (Å²) in [4.78, 5) is 27.9. The molecule has 3 aromatic rings. The molecule has 3 aliphatic heterocycles. The number of amides is 1. The van der Waals surface area contributed by atoms with Crippen LogP contribution in [-0.2, 0) is 14.9 Å². The first kappa shape index (κ1) is 36.5. The number of benzene rings is 1. The molecule has 3 fully saturated rings. The molecular formula is C35H51N7O6S. The molecule has 2 aromatic heterocycles. The average molecular weight is 698 g/mol. The quantitative estimate of drug-likeness (QED) is 0.281. The number of rotatable bonds is 10. The fraction of sp³-hybridized carbons (Fsp3) is 0.600. The third-order valence-corrected chi connectivity index (χ3v) is 10.7. The van der Waals surface area contributed by atoms with E-state index in [-0.39, 0.29) is 28.8 Å². The molecule has 268 valence electrons. The van der Waals surface area contributed by atoms with Crippen molar-refractivity contribution in [3.8, 4) is 5.75 Å².